The molecular formula is C27H26FN7O2. The minimum Gasteiger partial charge on any atom is -0.321 e. The highest BCUT2D eigenvalue weighted by molar-refractivity contribution is 5.95. The molecule has 10 heteroatoms. The largest absolute Gasteiger partial charge is 0.321 e. The molecule has 3 heterocycles. The van der Waals surface area contributed by atoms with Gasteiger partial charge in [0.25, 0.3) is 0 Å². The van der Waals surface area contributed by atoms with Crippen molar-refractivity contribution in [1.82, 2.24) is 25.8 Å². The molecule has 0 aliphatic carbocycles. The van der Waals surface area contributed by atoms with Crippen LogP contribution in [-0.4, -0.2) is 34.3 Å². The number of nitrogens with one attached hydrogen (secondary N) is 4. The summed E-state index contributed by atoms with van der Waals surface area (Å²) in [4.78, 5) is 26.1. The number of carbonyl (C=O) groups excluding carboxylic acids is 2. The minimum absolute atomic E-state index is 0.146. The maximum atomic E-state index is 13.5. The molecule has 2 aliphatic rings. The molecule has 0 saturated carbocycles. The smallest absolute Gasteiger partial charge is 0.230 e. The number of halogens is 1. The van der Waals surface area contributed by atoms with Crippen molar-refractivity contribution in [3.63, 3.8) is 0 Å². The molecule has 37 heavy (non-hydrogen) atoms. The van der Waals surface area contributed by atoms with Crippen LogP contribution in [0.1, 0.15) is 17.5 Å². The molecule has 9 nitrogen and oxygen atoms in total. The Morgan fingerprint density at radius 2 is 1.89 bits per heavy atom. The van der Waals surface area contributed by atoms with Gasteiger partial charge in [0.05, 0.1) is 23.7 Å². The Morgan fingerprint density at radius 3 is 2.73 bits per heavy atom. The molecule has 4 N–H and O–H groups in total. The van der Waals surface area contributed by atoms with Crippen LogP contribution in [0.3, 0.4) is 0 Å². The van der Waals surface area contributed by atoms with E-state index in [2.05, 4.69) is 26.5 Å². The van der Waals surface area contributed by atoms with Crippen LogP contribution in [0.15, 0.2) is 72.8 Å². The maximum Gasteiger partial charge on any atom is 0.230 e. The second-order valence-corrected chi connectivity index (χ2v) is 9.32. The van der Waals surface area contributed by atoms with E-state index in [1.807, 2.05) is 54.4 Å². The number of hydrogen-bond donors (Lipinski definition) is 4. The Balaban J connectivity index is 1.22. The minimum atomic E-state index is -0.696. The van der Waals surface area contributed by atoms with E-state index < -0.39 is 12.5 Å². The van der Waals surface area contributed by atoms with Gasteiger partial charge in [-0.3, -0.25) is 19.9 Å². The number of anilines is 2. The van der Waals surface area contributed by atoms with Crippen LogP contribution in [0.4, 0.5) is 15.9 Å². The SMILES string of the molecule is Cc1cc(NC(=O)Cc2cccc3ccccc23)n(C2NC(=O)C3CNN(c4ccc(F)cc4)C3N2)n1. The molecule has 2 aliphatic heterocycles. The zero-order chi connectivity index (χ0) is 25.5. The van der Waals surface area contributed by atoms with Crippen molar-refractivity contribution in [1.29, 1.82) is 0 Å². The lowest BCUT2D eigenvalue weighted by molar-refractivity contribution is -0.129. The first kappa shape index (κ1) is 23.1. The van der Waals surface area contributed by atoms with Crippen LogP contribution in [0, 0.1) is 18.7 Å². The van der Waals surface area contributed by atoms with Gasteiger partial charge in [-0.1, -0.05) is 42.5 Å². The summed E-state index contributed by atoms with van der Waals surface area (Å²) in [6, 6.07) is 21.7. The van der Waals surface area contributed by atoms with E-state index in [-0.39, 0.29) is 30.0 Å². The van der Waals surface area contributed by atoms with E-state index in [0.29, 0.717) is 18.1 Å². The maximum absolute atomic E-state index is 13.5. The number of carbonyl (C=O) groups is 2. The van der Waals surface area contributed by atoms with Gasteiger partial charge in [0, 0.05) is 12.6 Å². The highest BCUT2D eigenvalue weighted by atomic mass is 19.1. The summed E-state index contributed by atoms with van der Waals surface area (Å²) in [7, 11) is 0. The van der Waals surface area contributed by atoms with Gasteiger partial charge in [-0.05, 0) is 47.5 Å². The molecule has 2 fully saturated rings. The number of hydrogen-bond acceptors (Lipinski definition) is 6. The molecule has 188 valence electrons. The fourth-order valence-corrected chi connectivity index (χ4v) is 5.06. The van der Waals surface area contributed by atoms with Gasteiger partial charge in [-0.25, -0.2) is 14.5 Å². The van der Waals surface area contributed by atoms with E-state index in [4.69, 9.17) is 0 Å². The molecule has 1 aromatic heterocycles. The van der Waals surface area contributed by atoms with Gasteiger partial charge in [0.2, 0.25) is 11.8 Å². The molecule has 3 unspecified atom stereocenters. The third kappa shape index (κ3) is 4.41. The second-order valence-electron chi connectivity index (χ2n) is 9.32. The molecule has 0 spiro atoms. The number of benzene rings is 3. The molecule has 4 aromatic rings. The lowest BCUT2D eigenvalue weighted by atomic mass is 10.0. The Kier molecular flexibility index (Phi) is 5.82. The van der Waals surface area contributed by atoms with Crippen molar-refractivity contribution in [3.05, 3.63) is 89.9 Å². The van der Waals surface area contributed by atoms with Crippen LogP contribution >= 0.6 is 0 Å². The fraction of sp³-hybridized carbons (Fsp3) is 0.222. The Morgan fingerprint density at radius 1 is 1.11 bits per heavy atom. The van der Waals surface area contributed by atoms with Crippen LogP contribution < -0.4 is 26.4 Å². The lowest BCUT2D eigenvalue weighted by Crippen LogP contribution is -2.61. The van der Waals surface area contributed by atoms with Gasteiger partial charge in [0.15, 0.2) is 6.29 Å². The van der Waals surface area contributed by atoms with E-state index in [0.717, 1.165) is 22.0 Å². The van der Waals surface area contributed by atoms with Crippen LogP contribution in [0.5, 0.6) is 0 Å². The Hall–Kier alpha value is -4.28. The normalized spacial score (nSPS) is 21.1. The summed E-state index contributed by atoms with van der Waals surface area (Å²) < 4.78 is 15.0. The Labute approximate surface area is 212 Å². The van der Waals surface area contributed by atoms with Crippen molar-refractivity contribution in [2.75, 3.05) is 16.9 Å². The van der Waals surface area contributed by atoms with Crippen molar-refractivity contribution in [2.24, 2.45) is 5.92 Å². The molecule has 0 radical (unpaired) electrons. The van der Waals surface area contributed by atoms with Gasteiger partial charge >= 0.3 is 0 Å². The van der Waals surface area contributed by atoms with E-state index in [1.54, 1.807) is 22.9 Å². The number of aryl methyl sites for hydroxylation is 1. The van der Waals surface area contributed by atoms with Crippen molar-refractivity contribution in [3.8, 4) is 0 Å². The van der Waals surface area contributed by atoms with Crippen molar-refractivity contribution >= 4 is 34.1 Å². The van der Waals surface area contributed by atoms with E-state index in [9.17, 15) is 14.0 Å². The van der Waals surface area contributed by atoms with E-state index in [1.165, 1.54) is 12.1 Å². The predicted octanol–water partition coefficient (Wildman–Crippen LogP) is 2.81. The predicted molar refractivity (Wildman–Crippen MR) is 138 cm³/mol. The second kappa shape index (κ2) is 9.30. The number of amides is 2. The topological polar surface area (TPSA) is 103 Å². The number of rotatable bonds is 5. The standard InChI is InChI=1S/C27H26FN7O2/c1-16-13-23(30-24(36)14-18-7-4-6-17-5-2-3-8-21(17)18)35(33-16)27-31-25-22(26(37)32-27)15-29-34(25)20-11-9-19(28)10-12-20/h2-13,22,25,27,29,31H,14-15H2,1H3,(H,30,36)(H,32,37). The lowest BCUT2D eigenvalue weighted by Gasteiger charge is -2.37. The number of aromatic nitrogens is 2. The van der Waals surface area contributed by atoms with Gasteiger partial charge < -0.3 is 10.6 Å². The monoisotopic (exact) mass is 499 g/mol. The third-order valence-corrected chi connectivity index (χ3v) is 6.79. The first-order valence-electron chi connectivity index (χ1n) is 12.1. The van der Waals surface area contributed by atoms with Crippen molar-refractivity contribution in [2.45, 2.75) is 25.8 Å². The van der Waals surface area contributed by atoms with Crippen LogP contribution in [0.2, 0.25) is 0 Å². The zero-order valence-electron chi connectivity index (χ0n) is 20.1. The molecule has 2 amide bonds. The summed E-state index contributed by atoms with van der Waals surface area (Å²) in [6.45, 7) is 2.26. The summed E-state index contributed by atoms with van der Waals surface area (Å²) in [6.07, 6.45) is -0.894. The molecule has 0 bridgehead atoms. The molecule has 6 rings (SSSR count). The molecular weight excluding hydrogens is 473 g/mol. The molecule has 2 saturated heterocycles. The average molecular weight is 500 g/mol. The average Bonchev–Trinajstić information content (AvgIpc) is 3.48. The zero-order valence-corrected chi connectivity index (χ0v) is 20.1. The van der Waals surface area contributed by atoms with Gasteiger partial charge in [0.1, 0.15) is 17.8 Å². The van der Waals surface area contributed by atoms with Crippen LogP contribution in [0.25, 0.3) is 10.8 Å². The third-order valence-electron chi connectivity index (χ3n) is 6.79. The van der Waals surface area contributed by atoms with Gasteiger partial charge in [-0.15, -0.1) is 0 Å². The van der Waals surface area contributed by atoms with Gasteiger partial charge in [-0.2, -0.15) is 5.10 Å². The summed E-state index contributed by atoms with van der Waals surface area (Å²) in [5.74, 6) is -0.553. The van der Waals surface area contributed by atoms with Crippen molar-refractivity contribution < 1.29 is 14.0 Å². The van der Waals surface area contributed by atoms with E-state index >= 15 is 0 Å². The molecule has 3 atom stereocenters. The fourth-order valence-electron chi connectivity index (χ4n) is 5.06. The summed E-state index contributed by atoms with van der Waals surface area (Å²) in [5.41, 5.74) is 5.57. The Bertz CT molecular complexity index is 1480. The first-order chi connectivity index (χ1) is 18.0. The summed E-state index contributed by atoms with van der Waals surface area (Å²) >= 11 is 0. The van der Waals surface area contributed by atoms with Crippen LogP contribution in [-0.2, 0) is 16.0 Å². The quantitative estimate of drug-likeness (QED) is 0.337. The number of hydrazine groups is 1. The highest BCUT2D eigenvalue weighted by Crippen LogP contribution is 2.28. The summed E-state index contributed by atoms with van der Waals surface area (Å²) in [5, 5.41) is 17.8. The first-order valence-corrected chi connectivity index (χ1v) is 12.1. The number of nitrogens with zero attached hydrogens (tertiary/aromatic N) is 3. The molecule has 3 aromatic carbocycles. The highest BCUT2D eigenvalue weighted by Gasteiger charge is 2.45. The number of fused-ring (bicyclic) bond motifs is 2.